The zero-order valence-corrected chi connectivity index (χ0v) is 24.9. The number of esters is 2. The van der Waals surface area contributed by atoms with Gasteiger partial charge in [-0.15, -0.1) is 0 Å². The molecule has 4 aromatic carbocycles. The van der Waals surface area contributed by atoms with Crippen molar-refractivity contribution in [3.8, 4) is 5.75 Å². The quantitative estimate of drug-likeness (QED) is 0.176. The minimum absolute atomic E-state index is 0.227. The van der Waals surface area contributed by atoms with Gasteiger partial charge in [-0.3, -0.25) is 14.3 Å². The lowest BCUT2D eigenvalue weighted by molar-refractivity contribution is -0.0636. The normalized spacial score (nSPS) is 10.8. The predicted octanol–water partition coefficient (Wildman–Crippen LogP) is 4.76. The van der Waals surface area contributed by atoms with Gasteiger partial charge in [-0.1, -0.05) is 78.9 Å². The molecule has 0 saturated heterocycles. The van der Waals surface area contributed by atoms with Gasteiger partial charge in [0.15, 0.2) is 0 Å². The van der Waals surface area contributed by atoms with E-state index >= 15 is 0 Å². The van der Waals surface area contributed by atoms with Gasteiger partial charge in [-0.2, -0.15) is 0 Å². The van der Waals surface area contributed by atoms with Gasteiger partial charge in [0.05, 0.1) is 11.1 Å². The Bertz CT molecular complexity index is 1800. The van der Waals surface area contributed by atoms with Gasteiger partial charge in [0.2, 0.25) is 0 Å². The first kappa shape index (κ1) is 31.7. The number of aromatic nitrogens is 2. The zero-order chi connectivity index (χ0) is 32.1. The maximum atomic E-state index is 12.7. The van der Waals surface area contributed by atoms with Gasteiger partial charge in [0, 0.05) is 18.2 Å². The third kappa shape index (κ3) is 9.13. The standard InChI is InChI=1S/C36H32N2O8/c39-33-30(19-27-13-10-18-31(20-27)43-22-26-11-4-1-5-12-26)21-38(36(42)37-33)25-46-32(23-44-34(40)28-14-6-2-7-15-28)24-45-35(41)29-16-8-3-9-17-29/h1-18,20-21,32H,19,22-25H2,(H,37,39,42). The predicted molar refractivity (Wildman–Crippen MR) is 170 cm³/mol. The van der Waals surface area contributed by atoms with Gasteiger partial charge >= 0.3 is 17.6 Å². The van der Waals surface area contributed by atoms with Gasteiger partial charge in [-0.25, -0.2) is 14.4 Å². The minimum atomic E-state index is -0.916. The molecule has 10 heteroatoms. The third-order valence-corrected chi connectivity index (χ3v) is 6.89. The van der Waals surface area contributed by atoms with E-state index in [1.54, 1.807) is 60.7 Å². The number of nitrogens with zero attached hydrogens (tertiary/aromatic N) is 1. The summed E-state index contributed by atoms with van der Waals surface area (Å²) in [6.45, 7) is -0.415. The van der Waals surface area contributed by atoms with E-state index in [4.69, 9.17) is 18.9 Å². The molecular weight excluding hydrogens is 588 g/mol. The highest BCUT2D eigenvalue weighted by Gasteiger charge is 2.18. The summed E-state index contributed by atoms with van der Waals surface area (Å²) in [5.41, 5.74) is 1.64. The van der Waals surface area contributed by atoms with Crippen molar-refractivity contribution in [1.29, 1.82) is 0 Å². The first-order chi connectivity index (χ1) is 22.4. The van der Waals surface area contributed by atoms with Crippen molar-refractivity contribution in [3.05, 3.63) is 170 Å². The Balaban J connectivity index is 1.25. The Morgan fingerprint density at radius 1 is 0.696 bits per heavy atom. The second-order valence-electron chi connectivity index (χ2n) is 10.3. The average Bonchev–Trinajstić information content (AvgIpc) is 3.09. The first-order valence-electron chi connectivity index (χ1n) is 14.6. The molecule has 0 aliphatic heterocycles. The van der Waals surface area contributed by atoms with Crippen LogP contribution in [0, 0.1) is 0 Å². The molecule has 234 valence electrons. The molecule has 0 bridgehead atoms. The molecule has 0 spiro atoms. The Labute approximate surface area is 264 Å². The average molecular weight is 621 g/mol. The number of carbonyl (C=O) groups excluding carboxylic acids is 2. The number of hydrogen-bond acceptors (Lipinski definition) is 8. The van der Waals surface area contributed by atoms with Crippen molar-refractivity contribution >= 4 is 11.9 Å². The number of ether oxygens (including phenoxy) is 4. The zero-order valence-electron chi connectivity index (χ0n) is 24.9. The molecule has 0 fully saturated rings. The maximum Gasteiger partial charge on any atom is 0.338 e. The molecule has 0 amide bonds. The highest BCUT2D eigenvalue weighted by Crippen LogP contribution is 2.17. The van der Waals surface area contributed by atoms with Crippen molar-refractivity contribution in [3.63, 3.8) is 0 Å². The molecule has 0 aliphatic carbocycles. The number of H-pyrrole nitrogens is 1. The molecule has 1 N–H and O–H groups in total. The van der Waals surface area contributed by atoms with Crippen molar-refractivity contribution in [2.45, 2.75) is 25.9 Å². The second-order valence-corrected chi connectivity index (χ2v) is 10.3. The second kappa shape index (κ2) is 15.8. The van der Waals surface area contributed by atoms with E-state index in [1.807, 2.05) is 54.6 Å². The van der Waals surface area contributed by atoms with Gasteiger partial charge in [0.25, 0.3) is 5.56 Å². The molecule has 0 saturated carbocycles. The first-order valence-corrected chi connectivity index (χ1v) is 14.6. The van der Waals surface area contributed by atoms with Crippen LogP contribution < -0.4 is 16.0 Å². The Hall–Kier alpha value is -5.74. The lowest BCUT2D eigenvalue weighted by atomic mass is 10.1. The maximum absolute atomic E-state index is 12.7. The Kier molecular flexibility index (Phi) is 10.9. The van der Waals surface area contributed by atoms with E-state index in [9.17, 15) is 19.2 Å². The largest absolute Gasteiger partial charge is 0.489 e. The van der Waals surface area contributed by atoms with Crippen molar-refractivity contribution in [1.82, 2.24) is 9.55 Å². The molecule has 5 rings (SSSR count). The van der Waals surface area contributed by atoms with Gasteiger partial charge in [0.1, 0.15) is 38.4 Å². The van der Waals surface area contributed by atoms with E-state index in [0.29, 0.717) is 29.0 Å². The van der Waals surface area contributed by atoms with Crippen LogP contribution >= 0.6 is 0 Å². The van der Waals surface area contributed by atoms with Gasteiger partial charge in [-0.05, 0) is 47.5 Å². The SMILES string of the molecule is O=C(OCC(COC(=O)c1ccccc1)OCn1cc(Cc2cccc(OCc3ccccc3)c2)c(=O)[nH]c1=O)c1ccccc1. The summed E-state index contributed by atoms with van der Waals surface area (Å²) in [5, 5.41) is 0. The van der Waals surface area contributed by atoms with E-state index in [0.717, 1.165) is 11.1 Å². The molecule has 1 heterocycles. The number of hydrogen-bond donors (Lipinski definition) is 1. The third-order valence-electron chi connectivity index (χ3n) is 6.89. The topological polar surface area (TPSA) is 126 Å². The van der Waals surface area contributed by atoms with E-state index < -0.39 is 29.3 Å². The van der Waals surface area contributed by atoms with Crippen LogP contribution in [0.15, 0.2) is 131 Å². The molecular formula is C36H32N2O8. The van der Waals surface area contributed by atoms with Crippen molar-refractivity contribution in [2.24, 2.45) is 0 Å². The summed E-state index contributed by atoms with van der Waals surface area (Å²) in [7, 11) is 0. The summed E-state index contributed by atoms with van der Waals surface area (Å²) in [6.07, 6.45) is 0.730. The smallest absolute Gasteiger partial charge is 0.338 e. The fourth-order valence-electron chi connectivity index (χ4n) is 4.46. The highest BCUT2D eigenvalue weighted by molar-refractivity contribution is 5.89. The number of aromatic amines is 1. The monoisotopic (exact) mass is 620 g/mol. The van der Waals surface area contributed by atoms with E-state index in [-0.39, 0.29) is 26.4 Å². The van der Waals surface area contributed by atoms with Crippen LogP contribution in [-0.4, -0.2) is 40.8 Å². The number of nitrogens with one attached hydrogen (secondary N) is 1. The molecule has 0 radical (unpaired) electrons. The molecule has 0 aliphatic rings. The molecule has 10 nitrogen and oxygen atoms in total. The Morgan fingerprint density at radius 3 is 1.87 bits per heavy atom. The lowest BCUT2D eigenvalue weighted by Gasteiger charge is -2.19. The fraction of sp³-hybridized carbons (Fsp3) is 0.167. The van der Waals surface area contributed by atoms with Crippen LogP contribution in [0.4, 0.5) is 0 Å². The molecule has 1 aromatic heterocycles. The summed E-state index contributed by atoms with van der Waals surface area (Å²) in [6, 6.07) is 34.0. The summed E-state index contributed by atoms with van der Waals surface area (Å²) < 4.78 is 23.8. The number of carbonyl (C=O) groups is 2. The van der Waals surface area contributed by atoms with Crippen molar-refractivity contribution < 1.29 is 28.5 Å². The summed E-state index contributed by atoms with van der Waals surface area (Å²) in [5.74, 6) is -0.517. The number of benzene rings is 4. The molecule has 46 heavy (non-hydrogen) atoms. The van der Waals surface area contributed by atoms with Crippen LogP contribution in [0.2, 0.25) is 0 Å². The van der Waals surface area contributed by atoms with Crippen LogP contribution in [0.3, 0.4) is 0 Å². The minimum Gasteiger partial charge on any atom is -0.489 e. The van der Waals surface area contributed by atoms with Crippen molar-refractivity contribution in [2.75, 3.05) is 13.2 Å². The van der Waals surface area contributed by atoms with Crippen LogP contribution in [0.5, 0.6) is 5.75 Å². The van der Waals surface area contributed by atoms with Crippen LogP contribution in [-0.2, 0) is 34.0 Å². The molecule has 0 atom stereocenters. The van der Waals surface area contributed by atoms with Gasteiger partial charge < -0.3 is 18.9 Å². The molecule has 0 unspecified atom stereocenters. The highest BCUT2D eigenvalue weighted by atomic mass is 16.6. The van der Waals surface area contributed by atoms with Crippen LogP contribution in [0.1, 0.15) is 37.4 Å². The summed E-state index contributed by atoms with van der Waals surface area (Å²) in [4.78, 5) is 52.8. The van der Waals surface area contributed by atoms with E-state index in [2.05, 4.69) is 4.98 Å². The number of rotatable bonds is 14. The fourth-order valence-corrected chi connectivity index (χ4v) is 4.46. The Morgan fingerprint density at radius 2 is 1.26 bits per heavy atom. The van der Waals surface area contributed by atoms with E-state index in [1.165, 1.54) is 10.8 Å². The lowest BCUT2D eigenvalue weighted by Crippen LogP contribution is -2.35. The molecule has 5 aromatic rings. The van der Waals surface area contributed by atoms with Crippen LogP contribution in [0.25, 0.3) is 0 Å². The summed E-state index contributed by atoms with van der Waals surface area (Å²) >= 11 is 0.